The van der Waals surface area contributed by atoms with Crippen LogP contribution in [0.2, 0.25) is 0 Å². The lowest BCUT2D eigenvalue weighted by Gasteiger charge is -2.36. The van der Waals surface area contributed by atoms with Crippen molar-refractivity contribution in [1.82, 2.24) is 4.90 Å². The summed E-state index contributed by atoms with van der Waals surface area (Å²) in [5, 5.41) is 1.08. The number of rotatable bonds is 3. The zero-order valence-corrected chi connectivity index (χ0v) is 12.7. The summed E-state index contributed by atoms with van der Waals surface area (Å²) in [4.78, 5) is 14.9. The fourth-order valence-electron chi connectivity index (χ4n) is 4.44. The van der Waals surface area contributed by atoms with Gasteiger partial charge >= 0.3 is 0 Å². The van der Waals surface area contributed by atoms with Crippen LogP contribution in [0.5, 0.6) is 0 Å². The Labute approximate surface area is 119 Å². The minimum Gasteiger partial charge on any atom is -0.342 e. The Hall–Kier alpha value is -0.0500. The number of carbonyl (C=O) groups excluding carboxylic acids is 1. The van der Waals surface area contributed by atoms with Crippen LogP contribution in [0.1, 0.15) is 44.9 Å². The van der Waals surface area contributed by atoms with Crippen molar-refractivity contribution in [3.8, 4) is 0 Å². The number of halogens is 1. The smallest absolute Gasteiger partial charge is 0.225 e. The molecule has 2 aliphatic carbocycles. The van der Waals surface area contributed by atoms with E-state index in [-0.39, 0.29) is 0 Å². The third kappa shape index (κ3) is 2.48. The number of carbonyl (C=O) groups is 1. The number of hydrogen-bond acceptors (Lipinski definition) is 1. The van der Waals surface area contributed by atoms with Crippen molar-refractivity contribution in [2.75, 3.05) is 18.4 Å². The second-order valence-corrected chi connectivity index (χ2v) is 7.34. The molecule has 4 unspecified atom stereocenters. The summed E-state index contributed by atoms with van der Waals surface area (Å²) in [6.45, 7) is 2.05. The molecule has 0 aromatic heterocycles. The Kier molecular flexibility index (Phi) is 3.97. The van der Waals surface area contributed by atoms with Gasteiger partial charge in [0.15, 0.2) is 0 Å². The lowest BCUT2D eigenvalue weighted by atomic mass is 9.86. The van der Waals surface area contributed by atoms with Crippen LogP contribution in [0.25, 0.3) is 0 Å². The standard InChI is InChI=1S/C15H24BrNO/c16-6-5-11-2-1-7-17(10-11)15(18)14-9-12-3-4-13(14)8-12/h11-14H,1-10H2. The van der Waals surface area contributed by atoms with Crippen LogP contribution in [0.4, 0.5) is 0 Å². The lowest BCUT2D eigenvalue weighted by Crippen LogP contribution is -2.44. The third-order valence-corrected chi connectivity index (χ3v) is 5.86. The molecule has 2 bridgehead atoms. The molecule has 1 heterocycles. The molecule has 0 N–H and O–H groups in total. The summed E-state index contributed by atoms with van der Waals surface area (Å²) >= 11 is 3.53. The van der Waals surface area contributed by atoms with Crippen molar-refractivity contribution < 1.29 is 4.79 Å². The van der Waals surface area contributed by atoms with Crippen molar-refractivity contribution in [2.45, 2.75) is 44.9 Å². The molecule has 0 aromatic rings. The van der Waals surface area contributed by atoms with E-state index in [1.54, 1.807) is 0 Å². The van der Waals surface area contributed by atoms with E-state index in [1.807, 2.05) is 0 Å². The molecule has 4 atom stereocenters. The average Bonchev–Trinajstić information content (AvgIpc) is 3.01. The maximum absolute atomic E-state index is 12.7. The molecule has 3 fully saturated rings. The Morgan fingerprint density at radius 2 is 2.11 bits per heavy atom. The fourth-order valence-corrected chi connectivity index (χ4v) is 5.08. The van der Waals surface area contributed by atoms with Crippen LogP contribution in [-0.2, 0) is 4.79 Å². The Morgan fingerprint density at radius 1 is 1.22 bits per heavy atom. The van der Waals surface area contributed by atoms with E-state index in [0.717, 1.165) is 36.2 Å². The molecule has 3 heteroatoms. The summed E-state index contributed by atoms with van der Waals surface area (Å²) < 4.78 is 0. The van der Waals surface area contributed by atoms with Crippen LogP contribution < -0.4 is 0 Å². The minimum absolute atomic E-state index is 0.395. The molecular weight excluding hydrogens is 290 g/mol. The number of likely N-dealkylation sites (tertiary alicyclic amines) is 1. The van der Waals surface area contributed by atoms with Crippen LogP contribution in [0.15, 0.2) is 0 Å². The molecule has 1 aliphatic heterocycles. The van der Waals surface area contributed by atoms with E-state index < -0.39 is 0 Å². The summed E-state index contributed by atoms with van der Waals surface area (Å²) in [5.41, 5.74) is 0. The maximum atomic E-state index is 12.7. The number of hydrogen-bond donors (Lipinski definition) is 0. The molecule has 3 rings (SSSR count). The minimum atomic E-state index is 0.395. The molecule has 0 aromatic carbocycles. The van der Waals surface area contributed by atoms with Gasteiger partial charge in [-0.05, 0) is 56.3 Å². The fraction of sp³-hybridized carbons (Fsp3) is 0.933. The second kappa shape index (κ2) is 5.52. The topological polar surface area (TPSA) is 20.3 Å². The molecule has 18 heavy (non-hydrogen) atoms. The lowest BCUT2D eigenvalue weighted by molar-refractivity contribution is -0.139. The van der Waals surface area contributed by atoms with Gasteiger partial charge in [0.2, 0.25) is 5.91 Å². The Morgan fingerprint density at radius 3 is 2.78 bits per heavy atom. The van der Waals surface area contributed by atoms with E-state index in [2.05, 4.69) is 20.8 Å². The molecule has 0 spiro atoms. The number of fused-ring (bicyclic) bond motifs is 2. The van der Waals surface area contributed by atoms with E-state index in [1.165, 1.54) is 44.9 Å². The zero-order chi connectivity index (χ0) is 12.5. The predicted octanol–water partition coefficient (Wildman–Crippen LogP) is 3.45. The van der Waals surface area contributed by atoms with Gasteiger partial charge in [-0.25, -0.2) is 0 Å². The van der Waals surface area contributed by atoms with Gasteiger partial charge in [-0.1, -0.05) is 22.4 Å². The normalized spacial score (nSPS) is 39.3. The molecule has 102 valence electrons. The van der Waals surface area contributed by atoms with Gasteiger partial charge in [-0.15, -0.1) is 0 Å². The van der Waals surface area contributed by atoms with Gasteiger partial charge in [0.05, 0.1) is 0 Å². The molecule has 2 nitrogen and oxygen atoms in total. The second-order valence-electron chi connectivity index (χ2n) is 6.55. The predicted molar refractivity (Wildman–Crippen MR) is 76.7 cm³/mol. The number of amides is 1. The van der Waals surface area contributed by atoms with Crippen molar-refractivity contribution in [3.05, 3.63) is 0 Å². The number of alkyl halides is 1. The summed E-state index contributed by atoms with van der Waals surface area (Å²) in [7, 11) is 0. The average molecular weight is 314 g/mol. The van der Waals surface area contributed by atoms with E-state index in [4.69, 9.17) is 0 Å². The highest BCUT2D eigenvalue weighted by Crippen LogP contribution is 2.49. The summed E-state index contributed by atoms with van der Waals surface area (Å²) in [6.07, 6.45) is 9.00. The van der Waals surface area contributed by atoms with E-state index >= 15 is 0 Å². The van der Waals surface area contributed by atoms with Gasteiger partial charge in [-0.3, -0.25) is 4.79 Å². The molecule has 1 saturated heterocycles. The first-order valence-electron chi connectivity index (χ1n) is 7.62. The van der Waals surface area contributed by atoms with Gasteiger partial charge in [0.25, 0.3) is 0 Å². The SMILES string of the molecule is O=C(C1CC2CCC1C2)N1CCCC(CCBr)C1. The van der Waals surface area contributed by atoms with Crippen LogP contribution in [0, 0.1) is 23.7 Å². The molecular formula is C15H24BrNO. The highest BCUT2D eigenvalue weighted by atomic mass is 79.9. The van der Waals surface area contributed by atoms with Gasteiger partial charge in [-0.2, -0.15) is 0 Å². The molecule has 2 saturated carbocycles. The Bertz CT molecular complexity index is 318. The maximum Gasteiger partial charge on any atom is 0.225 e. The highest BCUT2D eigenvalue weighted by molar-refractivity contribution is 9.09. The molecule has 1 amide bonds. The largest absolute Gasteiger partial charge is 0.342 e. The van der Waals surface area contributed by atoms with Gasteiger partial charge in [0.1, 0.15) is 0 Å². The number of piperidine rings is 1. The van der Waals surface area contributed by atoms with Crippen molar-refractivity contribution in [3.63, 3.8) is 0 Å². The molecule has 0 radical (unpaired) electrons. The first-order valence-corrected chi connectivity index (χ1v) is 8.75. The van der Waals surface area contributed by atoms with E-state index in [0.29, 0.717) is 11.8 Å². The van der Waals surface area contributed by atoms with Crippen molar-refractivity contribution >= 4 is 21.8 Å². The van der Waals surface area contributed by atoms with Gasteiger partial charge in [0, 0.05) is 24.3 Å². The highest BCUT2D eigenvalue weighted by Gasteiger charge is 2.44. The van der Waals surface area contributed by atoms with Crippen LogP contribution in [0.3, 0.4) is 0 Å². The first kappa shape index (κ1) is 13.0. The summed E-state index contributed by atoms with van der Waals surface area (Å²) in [5.74, 6) is 3.25. The third-order valence-electron chi connectivity index (χ3n) is 5.40. The number of nitrogens with zero attached hydrogens (tertiary/aromatic N) is 1. The monoisotopic (exact) mass is 313 g/mol. The van der Waals surface area contributed by atoms with Crippen molar-refractivity contribution in [2.24, 2.45) is 23.7 Å². The van der Waals surface area contributed by atoms with Crippen LogP contribution >= 0.6 is 15.9 Å². The molecule has 3 aliphatic rings. The van der Waals surface area contributed by atoms with Crippen LogP contribution in [-0.4, -0.2) is 29.2 Å². The quantitative estimate of drug-likeness (QED) is 0.731. The zero-order valence-electron chi connectivity index (χ0n) is 11.1. The summed E-state index contributed by atoms with van der Waals surface area (Å²) in [6, 6.07) is 0. The van der Waals surface area contributed by atoms with Gasteiger partial charge < -0.3 is 4.90 Å². The first-order chi connectivity index (χ1) is 8.78. The van der Waals surface area contributed by atoms with E-state index in [9.17, 15) is 4.79 Å². The Balaban J connectivity index is 1.58. The van der Waals surface area contributed by atoms with Crippen molar-refractivity contribution in [1.29, 1.82) is 0 Å².